The first-order valence-corrected chi connectivity index (χ1v) is 7.06. The highest BCUT2D eigenvalue weighted by Gasteiger charge is 2.23. The minimum absolute atomic E-state index is 0.315. The van der Waals surface area contributed by atoms with Crippen LogP contribution in [0.5, 0.6) is 0 Å². The van der Waals surface area contributed by atoms with Gasteiger partial charge in [-0.05, 0) is 24.3 Å². The molecule has 2 aromatic rings. The number of benzene rings is 2. The van der Waals surface area contributed by atoms with E-state index in [2.05, 4.69) is 9.89 Å². The van der Waals surface area contributed by atoms with E-state index in [1.165, 1.54) is 6.07 Å². The fourth-order valence-electron chi connectivity index (χ4n) is 2.51. The van der Waals surface area contributed by atoms with E-state index in [1.807, 2.05) is 13.1 Å². The van der Waals surface area contributed by atoms with Gasteiger partial charge in [0.25, 0.3) is 0 Å². The molecule has 0 saturated carbocycles. The van der Waals surface area contributed by atoms with Gasteiger partial charge >= 0.3 is 0 Å². The van der Waals surface area contributed by atoms with Crippen LogP contribution in [-0.4, -0.2) is 25.8 Å². The minimum atomic E-state index is -0.315. The molecule has 0 bridgehead atoms. The average Bonchev–Trinajstić information content (AvgIpc) is 2.63. The molecule has 2 N–H and O–H groups in total. The van der Waals surface area contributed by atoms with E-state index in [-0.39, 0.29) is 5.82 Å². The van der Waals surface area contributed by atoms with Crippen LogP contribution in [0.4, 0.5) is 15.8 Å². The number of benzodiazepines with no additional fused rings is 1. The Morgan fingerprint density at radius 1 is 1.24 bits per heavy atom. The van der Waals surface area contributed by atoms with E-state index in [4.69, 9.17) is 17.3 Å². The Labute approximate surface area is 127 Å². The normalized spacial score (nSPS) is 14.4. The van der Waals surface area contributed by atoms with E-state index in [1.54, 1.807) is 24.3 Å². The number of likely N-dealkylation sites (N-methyl/N-ethyl adjacent to an activating group) is 1. The number of fused-ring (bicyclic) bond motifs is 1. The largest absolute Gasteiger partial charge is 0.398 e. The van der Waals surface area contributed by atoms with Crippen LogP contribution in [-0.2, 0) is 0 Å². The minimum Gasteiger partial charge on any atom is -0.398 e. The fourth-order valence-corrected chi connectivity index (χ4v) is 2.76. The van der Waals surface area contributed by atoms with Crippen LogP contribution in [0.15, 0.2) is 41.4 Å². The Bertz CT molecular complexity index is 727. The second-order valence-electron chi connectivity index (χ2n) is 4.99. The molecular weight excluding hydrogens is 289 g/mol. The number of nitrogens with two attached hydrogens (primary N) is 1. The van der Waals surface area contributed by atoms with Crippen molar-refractivity contribution in [1.82, 2.24) is 0 Å². The summed E-state index contributed by atoms with van der Waals surface area (Å²) < 4.78 is 14.2. The summed E-state index contributed by atoms with van der Waals surface area (Å²) in [5, 5.41) is 0.420. The van der Waals surface area contributed by atoms with E-state index >= 15 is 0 Å². The molecule has 0 amide bonds. The lowest BCUT2D eigenvalue weighted by Crippen LogP contribution is -2.20. The van der Waals surface area contributed by atoms with Crippen molar-refractivity contribution < 1.29 is 4.39 Å². The van der Waals surface area contributed by atoms with Crippen LogP contribution < -0.4 is 10.6 Å². The first-order chi connectivity index (χ1) is 10.1. The summed E-state index contributed by atoms with van der Waals surface area (Å²) in [5.41, 5.74) is 9.00. The van der Waals surface area contributed by atoms with Crippen LogP contribution >= 0.6 is 11.6 Å². The molecule has 21 heavy (non-hydrogen) atoms. The van der Waals surface area contributed by atoms with Crippen LogP contribution in [0.25, 0.3) is 0 Å². The molecule has 0 radical (unpaired) electrons. The summed E-state index contributed by atoms with van der Waals surface area (Å²) in [6, 6.07) is 10.2. The second kappa shape index (κ2) is 5.37. The Hall–Kier alpha value is -2.07. The third kappa shape index (κ3) is 2.36. The highest BCUT2D eigenvalue weighted by atomic mass is 35.5. The maximum atomic E-state index is 14.2. The number of nitrogen functional groups attached to an aromatic ring is 1. The summed E-state index contributed by atoms with van der Waals surface area (Å²) in [4.78, 5) is 6.60. The van der Waals surface area contributed by atoms with Crippen LogP contribution in [0.3, 0.4) is 0 Å². The summed E-state index contributed by atoms with van der Waals surface area (Å²) in [5.74, 6) is -0.315. The van der Waals surface area contributed by atoms with Crippen LogP contribution in [0.1, 0.15) is 11.1 Å². The molecule has 1 heterocycles. The predicted molar refractivity (Wildman–Crippen MR) is 86.0 cm³/mol. The van der Waals surface area contributed by atoms with Crippen LogP contribution in [0.2, 0.25) is 5.02 Å². The van der Waals surface area contributed by atoms with Crippen molar-refractivity contribution in [2.24, 2.45) is 4.99 Å². The summed E-state index contributed by atoms with van der Waals surface area (Å²) in [6.07, 6.45) is 0. The third-order valence-electron chi connectivity index (χ3n) is 3.63. The van der Waals surface area contributed by atoms with Crippen molar-refractivity contribution >= 4 is 28.7 Å². The molecule has 108 valence electrons. The zero-order chi connectivity index (χ0) is 15.0. The van der Waals surface area contributed by atoms with Crippen molar-refractivity contribution in [3.8, 4) is 0 Å². The smallest absolute Gasteiger partial charge is 0.132 e. The Morgan fingerprint density at radius 3 is 2.76 bits per heavy atom. The summed E-state index contributed by atoms with van der Waals surface area (Å²) in [6.45, 7) is 1.32. The molecule has 2 aromatic carbocycles. The highest BCUT2D eigenvalue weighted by molar-refractivity contribution is 6.39. The predicted octanol–water partition coefficient (Wildman–Crippen LogP) is 3.35. The summed E-state index contributed by atoms with van der Waals surface area (Å²) in [7, 11) is 1.96. The van der Waals surface area contributed by atoms with Gasteiger partial charge in [0.2, 0.25) is 0 Å². The zero-order valence-electron chi connectivity index (χ0n) is 11.6. The van der Waals surface area contributed by atoms with Gasteiger partial charge in [-0.25, -0.2) is 4.39 Å². The van der Waals surface area contributed by atoms with Gasteiger partial charge in [-0.15, -0.1) is 0 Å². The van der Waals surface area contributed by atoms with Gasteiger partial charge in [-0.3, -0.25) is 4.99 Å². The molecule has 0 aromatic heterocycles. The average molecular weight is 304 g/mol. The monoisotopic (exact) mass is 303 g/mol. The van der Waals surface area contributed by atoms with E-state index in [9.17, 15) is 4.39 Å². The molecule has 1 aliphatic heterocycles. The van der Waals surface area contributed by atoms with Gasteiger partial charge in [0.1, 0.15) is 5.82 Å². The SMILES string of the molecule is CN1CCN=C(c2ccccc2F)c2c1ccc(N)c2Cl. The third-order valence-corrected chi connectivity index (χ3v) is 4.04. The molecule has 1 aliphatic rings. The Balaban J connectivity index is 2.29. The molecule has 5 heteroatoms. The van der Waals surface area contributed by atoms with Crippen molar-refractivity contribution in [2.45, 2.75) is 0 Å². The lowest BCUT2D eigenvalue weighted by atomic mass is 9.99. The number of rotatable bonds is 1. The number of anilines is 2. The molecule has 0 saturated heterocycles. The quantitative estimate of drug-likeness (QED) is 0.821. The van der Waals surface area contributed by atoms with Gasteiger partial charge in [-0.1, -0.05) is 23.7 Å². The molecule has 0 unspecified atom stereocenters. The van der Waals surface area contributed by atoms with Gasteiger partial charge in [0.15, 0.2) is 0 Å². The van der Waals surface area contributed by atoms with E-state index < -0.39 is 0 Å². The topological polar surface area (TPSA) is 41.6 Å². The zero-order valence-corrected chi connectivity index (χ0v) is 12.4. The second-order valence-corrected chi connectivity index (χ2v) is 5.37. The molecular formula is C16H15ClFN3. The number of hydrogen-bond acceptors (Lipinski definition) is 3. The molecule has 0 atom stereocenters. The van der Waals surface area contributed by atoms with Crippen molar-refractivity contribution in [1.29, 1.82) is 0 Å². The number of aliphatic imine (C=N–C) groups is 1. The lowest BCUT2D eigenvalue weighted by molar-refractivity contribution is 0.625. The van der Waals surface area contributed by atoms with Gasteiger partial charge in [0, 0.05) is 30.4 Å². The highest BCUT2D eigenvalue weighted by Crippen LogP contribution is 2.35. The standard InChI is InChI=1S/C16H15ClFN3/c1-21-9-8-20-16(10-4-2-3-5-11(10)18)14-13(21)7-6-12(19)15(14)17/h2-7H,8-9,19H2,1H3. The fraction of sp³-hybridized carbons (Fsp3) is 0.188. The molecule has 0 fully saturated rings. The first-order valence-electron chi connectivity index (χ1n) is 6.68. The maximum Gasteiger partial charge on any atom is 0.132 e. The first kappa shape index (κ1) is 13.9. The summed E-state index contributed by atoms with van der Waals surface area (Å²) >= 11 is 6.39. The molecule has 0 spiro atoms. The van der Waals surface area contributed by atoms with Crippen molar-refractivity contribution in [2.75, 3.05) is 30.8 Å². The lowest BCUT2D eigenvalue weighted by Gasteiger charge is -2.21. The van der Waals surface area contributed by atoms with E-state index in [0.717, 1.165) is 12.2 Å². The van der Waals surface area contributed by atoms with Crippen LogP contribution in [0, 0.1) is 5.82 Å². The van der Waals surface area contributed by atoms with Gasteiger partial charge < -0.3 is 10.6 Å². The number of nitrogens with zero attached hydrogens (tertiary/aromatic N) is 2. The number of hydrogen-bond donors (Lipinski definition) is 1. The Morgan fingerprint density at radius 2 is 2.00 bits per heavy atom. The molecule has 3 rings (SSSR count). The van der Waals surface area contributed by atoms with Crippen molar-refractivity contribution in [3.63, 3.8) is 0 Å². The maximum absolute atomic E-state index is 14.2. The van der Waals surface area contributed by atoms with Gasteiger partial charge in [-0.2, -0.15) is 0 Å². The Kier molecular flexibility index (Phi) is 3.55. The van der Waals surface area contributed by atoms with E-state index in [0.29, 0.717) is 34.1 Å². The molecule has 0 aliphatic carbocycles. The number of halogens is 2. The van der Waals surface area contributed by atoms with Crippen molar-refractivity contribution in [3.05, 3.63) is 58.4 Å². The molecule has 3 nitrogen and oxygen atoms in total. The van der Waals surface area contributed by atoms with Gasteiger partial charge in [0.05, 0.1) is 23.0 Å².